The molecule has 0 amide bonds. The fourth-order valence-electron chi connectivity index (χ4n) is 14.7. The van der Waals surface area contributed by atoms with Crippen LogP contribution in [-0.2, 0) is 10.8 Å². The van der Waals surface area contributed by atoms with Crippen molar-refractivity contribution in [1.29, 1.82) is 0 Å². The molecular formula is C86H71N3. The summed E-state index contributed by atoms with van der Waals surface area (Å²) in [6.45, 7) is 16.8. The number of benzene rings is 12. The van der Waals surface area contributed by atoms with Crippen molar-refractivity contribution in [3.05, 3.63) is 330 Å². The van der Waals surface area contributed by atoms with Crippen LogP contribution in [0.4, 0.5) is 28.4 Å². The Morgan fingerprint density at radius 3 is 1.35 bits per heavy atom. The van der Waals surface area contributed by atoms with Crippen LogP contribution in [0.1, 0.15) is 73.6 Å². The second-order valence-electron chi connectivity index (χ2n) is 25.4. The summed E-state index contributed by atoms with van der Waals surface area (Å²) < 4.78 is 2.54. The Kier molecular flexibility index (Phi) is 13.6. The van der Waals surface area contributed by atoms with E-state index in [0.29, 0.717) is 6.54 Å². The smallest absolute Gasteiger partial charge is 0.0619 e. The summed E-state index contributed by atoms with van der Waals surface area (Å²) in [6, 6.07) is 101. The third-order valence-electron chi connectivity index (χ3n) is 19.1. The van der Waals surface area contributed by atoms with Gasteiger partial charge in [-0.2, -0.15) is 0 Å². The summed E-state index contributed by atoms with van der Waals surface area (Å²) in [7, 11) is 0. The Hall–Kier alpha value is -10.5. The third kappa shape index (κ3) is 9.52. The lowest BCUT2D eigenvalue weighted by molar-refractivity contribution is 0.660. The van der Waals surface area contributed by atoms with Gasteiger partial charge in [-0.1, -0.05) is 222 Å². The Morgan fingerprint density at radius 2 is 0.798 bits per heavy atom. The van der Waals surface area contributed by atoms with E-state index in [-0.39, 0.29) is 10.8 Å². The Morgan fingerprint density at radius 1 is 0.371 bits per heavy atom. The van der Waals surface area contributed by atoms with Gasteiger partial charge in [0.05, 0.1) is 11.0 Å². The number of rotatable bonds is 13. The van der Waals surface area contributed by atoms with Crippen molar-refractivity contribution in [2.45, 2.75) is 59.3 Å². The standard InChI is InChI=1S/C86H71N3/c1-8-59(27-22-50-87(65-40-34-62(35-41-65)60-23-12-9-13-24-60)69-46-48-73-71-30-18-20-32-79(71)85(4,5)81(73)55-69)75-51-57(2)53-77-78-54-58(3)52-76(84(78)89(83(75)77)66-28-16-11-17-29-66)64-38-44-68(45-39-64)88(67-42-36-63(37-43-67)61-25-14-10-15-26-61)70-47-49-74-72-31-19-21-33-80(72)86(6,7)82(74)56-70/h8-49,51-56H,50H2,1-7H3/b27-22-,59-8+. The van der Waals surface area contributed by atoms with Gasteiger partial charge in [-0.15, -0.1) is 0 Å². The first-order valence-corrected chi connectivity index (χ1v) is 31.4. The first-order chi connectivity index (χ1) is 43.4. The van der Waals surface area contributed by atoms with E-state index in [4.69, 9.17) is 0 Å². The molecule has 0 bridgehead atoms. The number of anilines is 5. The minimum absolute atomic E-state index is 0.124. The molecule has 430 valence electrons. The molecule has 0 spiro atoms. The first kappa shape index (κ1) is 55.1. The fourth-order valence-corrected chi connectivity index (χ4v) is 14.7. The van der Waals surface area contributed by atoms with Gasteiger partial charge in [0.1, 0.15) is 0 Å². The van der Waals surface area contributed by atoms with Gasteiger partial charge in [0, 0.05) is 73.4 Å². The highest BCUT2D eigenvalue weighted by Gasteiger charge is 2.37. The Balaban J connectivity index is 0.831. The number of nitrogens with zero attached hydrogens (tertiary/aromatic N) is 3. The molecule has 2 aliphatic carbocycles. The van der Waals surface area contributed by atoms with E-state index in [9.17, 15) is 0 Å². The summed E-state index contributed by atoms with van der Waals surface area (Å²) >= 11 is 0. The number of hydrogen-bond acceptors (Lipinski definition) is 2. The molecule has 3 heteroatoms. The number of para-hydroxylation sites is 1. The summed E-state index contributed by atoms with van der Waals surface area (Å²) in [5.74, 6) is 0. The maximum atomic E-state index is 2.54. The van der Waals surface area contributed by atoms with Gasteiger partial charge in [-0.3, -0.25) is 0 Å². The van der Waals surface area contributed by atoms with Crippen molar-refractivity contribution in [3.63, 3.8) is 0 Å². The average molecular weight is 1150 g/mol. The highest BCUT2D eigenvalue weighted by atomic mass is 15.1. The number of aryl methyl sites for hydroxylation is 2. The van der Waals surface area contributed by atoms with E-state index in [1.807, 2.05) is 0 Å². The van der Waals surface area contributed by atoms with Crippen LogP contribution in [0.5, 0.6) is 0 Å². The molecule has 1 heterocycles. The van der Waals surface area contributed by atoms with Crippen LogP contribution < -0.4 is 9.80 Å². The van der Waals surface area contributed by atoms with Crippen molar-refractivity contribution in [2.24, 2.45) is 0 Å². The van der Waals surface area contributed by atoms with Crippen molar-refractivity contribution < 1.29 is 0 Å². The molecule has 0 saturated heterocycles. The van der Waals surface area contributed by atoms with Crippen molar-refractivity contribution in [3.8, 4) is 61.3 Å². The van der Waals surface area contributed by atoms with Gasteiger partial charge in [0.15, 0.2) is 0 Å². The molecule has 0 saturated carbocycles. The highest BCUT2D eigenvalue weighted by Crippen LogP contribution is 2.53. The summed E-state index contributed by atoms with van der Waals surface area (Å²) in [5, 5.41) is 2.47. The highest BCUT2D eigenvalue weighted by molar-refractivity contribution is 6.17. The second-order valence-corrected chi connectivity index (χ2v) is 25.4. The molecule has 0 N–H and O–H groups in total. The van der Waals surface area contributed by atoms with E-state index in [0.717, 1.165) is 34.0 Å². The zero-order chi connectivity index (χ0) is 60.5. The van der Waals surface area contributed by atoms with Crippen LogP contribution in [-0.4, -0.2) is 11.1 Å². The number of fused-ring (bicyclic) bond motifs is 9. The molecular weight excluding hydrogens is 1070 g/mol. The minimum Gasteiger partial charge on any atom is -0.338 e. The lowest BCUT2D eigenvalue weighted by Gasteiger charge is -2.28. The third-order valence-corrected chi connectivity index (χ3v) is 19.1. The van der Waals surface area contributed by atoms with Gasteiger partial charge in [-0.25, -0.2) is 0 Å². The zero-order valence-electron chi connectivity index (χ0n) is 51.8. The largest absolute Gasteiger partial charge is 0.338 e. The van der Waals surface area contributed by atoms with Crippen LogP contribution in [0.3, 0.4) is 0 Å². The number of allylic oxidation sites excluding steroid dienone is 3. The second kappa shape index (κ2) is 22.0. The molecule has 0 radical (unpaired) electrons. The van der Waals surface area contributed by atoms with Gasteiger partial charge in [0.25, 0.3) is 0 Å². The Labute approximate surface area is 524 Å². The van der Waals surface area contributed by atoms with Gasteiger partial charge in [-0.05, 0) is 207 Å². The van der Waals surface area contributed by atoms with E-state index >= 15 is 0 Å². The molecule has 13 aromatic rings. The van der Waals surface area contributed by atoms with Gasteiger partial charge in [0.2, 0.25) is 0 Å². The number of aromatic nitrogens is 1. The lowest BCUT2D eigenvalue weighted by atomic mass is 9.82. The van der Waals surface area contributed by atoms with E-state index < -0.39 is 0 Å². The predicted octanol–water partition coefficient (Wildman–Crippen LogP) is 23.3. The van der Waals surface area contributed by atoms with Crippen molar-refractivity contribution in [2.75, 3.05) is 16.3 Å². The van der Waals surface area contributed by atoms with E-state index in [2.05, 4.69) is 354 Å². The molecule has 0 fully saturated rings. The van der Waals surface area contributed by atoms with Gasteiger partial charge < -0.3 is 14.4 Å². The summed E-state index contributed by atoms with van der Waals surface area (Å²) in [5.41, 5.74) is 31.6. The zero-order valence-corrected chi connectivity index (χ0v) is 51.8. The molecule has 12 aromatic carbocycles. The number of hydrogen-bond donors (Lipinski definition) is 0. The fraction of sp³-hybridized carbons (Fsp3) is 0.116. The molecule has 1 aromatic heterocycles. The average Bonchev–Trinajstić information content (AvgIpc) is 1.61. The van der Waals surface area contributed by atoms with Crippen LogP contribution in [0, 0.1) is 13.8 Å². The van der Waals surface area contributed by atoms with Crippen LogP contribution in [0.2, 0.25) is 0 Å². The molecule has 0 unspecified atom stereocenters. The normalized spacial score (nSPS) is 13.6. The molecule has 0 aliphatic heterocycles. The van der Waals surface area contributed by atoms with Crippen LogP contribution in [0.15, 0.2) is 291 Å². The molecule has 89 heavy (non-hydrogen) atoms. The van der Waals surface area contributed by atoms with Crippen LogP contribution >= 0.6 is 0 Å². The quantitative estimate of drug-likeness (QED) is 0.107. The predicted molar refractivity (Wildman–Crippen MR) is 379 cm³/mol. The van der Waals surface area contributed by atoms with Gasteiger partial charge >= 0.3 is 0 Å². The van der Waals surface area contributed by atoms with Crippen molar-refractivity contribution >= 4 is 55.8 Å². The maximum absolute atomic E-state index is 2.54. The topological polar surface area (TPSA) is 11.4 Å². The molecule has 3 nitrogen and oxygen atoms in total. The first-order valence-electron chi connectivity index (χ1n) is 31.4. The van der Waals surface area contributed by atoms with Crippen molar-refractivity contribution in [1.82, 2.24) is 4.57 Å². The van der Waals surface area contributed by atoms with Crippen LogP contribution in [0.25, 0.3) is 88.7 Å². The summed E-state index contributed by atoms with van der Waals surface area (Å²) in [6.07, 6.45) is 7.00. The summed E-state index contributed by atoms with van der Waals surface area (Å²) in [4.78, 5) is 4.90. The molecule has 15 rings (SSSR count). The maximum Gasteiger partial charge on any atom is 0.0619 e. The van der Waals surface area contributed by atoms with E-state index in [1.165, 1.54) is 122 Å². The monoisotopic (exact) mass is 1150 g/mol. The molecule has 2 aliphatic rings. The van der Waals surface area contributed by atoms with E-state index in [1.54, 1.807) is 0 Å². The Bertz CT molecular complexity index is 4910. The SMILES string of the molecule is C/C=C(\C=C/CN(c1ccc(-c2ccccc2)cc1)c1ccc2c(c1)C(C)(C)c1ccccc1-2)c1cc(C)cc2c3cc(C)cc(-c4ccc(N(c5ccc(-c6ccccc6)cc5)c5ccc6c(c5)C(C)(C)c5ccccc5-6)cc4)c3n(-c3ccccc3)c12. The lowest BCUT2D eigenvalue weighted by Crippen LogP contribution is -2.19. The molecule has 0 atom stereocenters. The minimum atomic E-state index is -0.141.